The highest BCUT2D eigenvalue weighted by Gasteiger charge is 2.11. The summed E-state index contributed by atoms with van der Waals surface area (Å²) >= 11 is 0. The zero-order valence-corrected chi connectivity index (χ0v) is 11.9. The van der Waals surface area contributed by atoms with Gasteiger partial charge in [-0.05, 0) is 43.5 Å². The van der Waals surface area contributed by atoms with Crippen molar-refractivity contribution in [1.29, 1.82) is 0 Å². The van der Waals surface area contributed by atoms with Crippen LogP contribution in [0.1, 0.15) is 16.7 Å². The lowest BCUT2D eigenvalue weighted by Gasteiger charge is -2.11. The topological polar surface area (TPSA) is 32.9 Å². The third-order valence-corrected chi connectivity index (χ3v) is 3.74. The van der Waals surface area contributed by atoms with Crippen LogP contribution in [0.25, 0.3) is 22.2 Å². The Morgan fingerprint density at radius 3 is 2.35 bits per heavy atom. The number of H-pyrrole nitrogens is 1. The Hall–Kier alpha value is -2.35. The van der Waals surface area contributed by atoms with E-state index in [9.17, 15) is 4.79 Å². The summed E-state index contributed by atoms with van der Waals surface area (Å²) in [6.07, 6.45) is 0. The van der Waals surface area contributed by atoms with Gasteiger partial charge in [-0.1, -0.05) is 36.4 Å². The van der Waals surface area contributed by atoms with E-state index in [1.165, 1.54) is 0 Å². The predicted molar refractivity (Wildman–Crippen MR) is 84.2 cm³/mol. The van der Waals surface area contributed by atoms with Crippen LogP contribution in [0.5, 0.6) is 0 Å². The van der Waals surface area contributed by atoms with Gasteiger partial charge in [0, 0.05) is 10.9 Å². The van der Waals surface area contributed by atoms with Crippen LogP contribution in [0.4, 0.5) is 0 Å². The van der Waals surface area contributed by atoms with Crippen molar-refractivity contribution in [2.24, 2.45) is 0 Å². The van der Waals surface area contributed by atoms with Crippen LogP contribution in [0, 0.1) is 20.8 Å². The van der Waals surface area contributed by atoms with E-state index < -0.39 is 0 Å². The first kappa shape index (κ1) is 12.7. The molecule has 0 atom stereocenters. The minimum atomic E-state index is 0.120. The molecule has 1 aromatic heterocycles. The molecule has 0 radical (unpaired) electrons. The van der Waals surface area contributed by atoms with Gasteiger partial charge in [-0.3, -0.25) is 4.79 Å². The van der Waals surface area contributed by atoms with Crippen molar-refractivity contribution >= 4 is 10.9 Å². The molecule has 2 aromatic carbocycles. The van der Waals surface area contributed by atoms with E-state index in [0.29, 0.717) is 0 Å². The highest BCUT2D eigenvalue weighted by Crippen LogP contribution is 2.23. The Morgan fingerprint density at radius 1 is 0.950 bits per heavy atom. The molecule has 2 heteroatoms. The first-order valence-corrected chi connectivity index (χ1v) is 6.77. The molecule has 1 heterocycles. The maximum absolute atomic E-state index is 12.6. The fourth-order valence-electron chi connectivity index (χ4n) is 2.79. The minimum absolute atomic E-state index is 0.120. The summed E-state index contributed by atoms with van der Waals surface area (Å²) < 4.78 is 0. The van der Waals surface area contributed by atoms with Gasteiger partial charge in [-0.25, -0.2) is 0 Å². The maximum Gasteiger partial charge on any atom is 0.193 e. The first-order chi connectivity index (χ1) is 9.58. The van der Waals surface area contributed by atoms with E-state index in [-0.39, 0.29) is 5.43 Å². The largest absolute Gasteiger partial charge is 0.354 e. The molecule has 3 rings (SSSR count). The highest BCUT2D eigenvalue weighted by molar-refractivity contribution is 5.86. The number of hydrogen-bond donors (Lipinski definition) is 1. The second kappa shape index (κ2) is 4.64. The summed E-state index contributed by atoms with van der Waals surface area (Å²) in [6, 6.07) is 14.1. The van der Waals surface area contributed by atoms with Crippen LogP contribution < -0.4 is 5.43 Å². The van der Waals surface area contributed by atoms with Crippen molar-refractivity contribution in [3.8, 4) is 11.3 Å². The van der Waals surface area contributed by atoms with Crippen LogP contribution in [-0.2, 0) is 0 Å². The number of nitrogens with one attached hydrogen (secondary N) is 1. The molecule has 0 saturated carbocycles. The van der Waals surface area contributed by atoms with Crippen LogP contribution in [0.15, 0.2) is 47.3 Å². The number of fused-ring (bicyclic) bond motifs is 1. The smallest absolute Gasteiger partial charge is 0.193 e. The summed E-state index contributed by atoms with van der Waals surface area (Å²) in [5.74, 6) is 0. The van der Waals surface area contributed by atoms with Gasteiger partial charge < -0.3 is 4.98 Å². The van der Waals surface area contributed by atoms with Crippen molar-refractivity contribution in [1.82, 2.24) is 4.98 Å². The average molecular weight is 263 g/mol. The monoisotopic (exact) mass is 263 g/mol. The van der Waals surface area contributed by atoms with Gasteiger partial charge in [0.2, 0.25) is 0 Å². The van der Waals surface area contributed by atoms with Crippen molar-refractivity contribution in [2.75, 3.05) is 0 Å². The van der Waals surface area contributed by atoms with E-state index in [2.05, 4.69) is 11.1 Å². The second-order valence-corrected chi connectivity index (χ2v) is 5.32. The zero-order chi connectivity index (χ0) is 14.3. The van der Waals surface area contributed by atoms with Crippen molar-refractivity contribution in [2.45, 2.75) is 20.8 Å². The van der Waals surface area contributed by atoms with Gasteiger partial charge in [0.25, 0.3) is 0 Å². The summed E-state index contributed by atoms with van der Waals surface area (Å²) in [6.45, 7) is 5.93. The van der Waals surface area contributed by atoms with Gasteiger partial charge >= 0.3 is 0 Å². The summed E-state index contributed by atoms with van der Waals surface area (Å²) in [7, 11) is 0. The Balaban J connectivity index is 2.42. The minimum Gasteiger partial charge on any atom is -0.354 e. The maximum atomic E-state index is 12.6. The molecule has 0 bridgehead atoms. The standard InChI is InChI=1S/C18H17NO/c1-11-9-12(2)16-15(10-11)19-17(13(3)18(16)20)14-7-5-4-6-8-14/h4-10H,1-3H3,(H,19,20). The van der Waals surface area contributed by atoms with Crippen molar-refractivity contribution < 1.29 is 0 Å². The van der Waals surface area contributed by atoms with Crippen LogP contribution in [-0.4, -0.2) is 4.98 Å². The Labute approximate surface area is 118 Å². The lowest BCUT2D eigenvalue weighted by atomic mass is 10.00. The molecule has 0 aliphatic carbocycles. The molecule has 0 spiro atoms. The van der Waals surface area contributed by atoms with Gasteiger partial charge in [0.05, 0.1) is 11.2 Å². The lowest BCUT2D eigenvalue weighted by molar-refractivity contribution is 1.28. The molecule has 1 N–H and O–H groups in total. The molecule has 0 amide bonds. The van der Waals surface area contributed by atoms with Crippen molar-refractivity contribution in [3.05, 3.63) is 69.4 Å². The van der Waals surface area contributed by atoms with E-state index >= 15 is 0 Å². The third kappa shape index (κ3) is 1.94. The molecule has 20 heavy (non-hydrogen) atoms. The van der Waals surface area contributed by atoms with E-state index in [1.807, 2.05) is 57.2 Å². The Bertz CT molecular complexity index is 845. The number of pyridine rings is 1. The van der Waals surface area contributed by atoms with Crippen LogP contribution >= 0.6 is 0 Å². The lowest BCUT2D eigenvalue weighted by Crippen LogP contribution is -2.11. The summed E-state index contributed by atoms with van der Waals surface area (Å²) in [5, 5.41) is 0.799. The van der Waals surface area contributed by atoms with Crippen molar-refractivity contribution in [3.63, 3.8) is 0 Å². The summed E-state index contributed by atoms with van der Waals surface area (Å²) in [4.78, 5) is 16.1. The molecule has 0 unspecified atom stereocenters. The first-order valence-electron chi connectivity index (χ1n) is 6.77. The highest BCUT2D eigenvalue weighted by atomic mass is 16.1. The molecule has 2 nitrogen and oxygen atoms in total. The fraction of sp³-hybridized carbons (Fsp3) is 0.167. The molecule has 3 aromatic rings. The van der Waals surface area contributed by atoms with Gasteiger partial charge in [0.1, 0.15) is 0 Å². The summed E-state index contributed by atoms with van der Waals surface area (Å²) in [5.41, 5.74) is 5.96. The van der Waals surface area contributed by atoms with Gasteiger partial charge in [-0.2, -0.15) is 0 Å². The molecule has 0 aliphatic heterocycles. The number of hydrogen-bond acceptors (Lipinski definition) is 1. The normalized spacial score (nSPS) is 10.9. The molecular weight excluding hydrogens is 246 g/mol. The van der Waals surface area contributed by atoms with Crippen LogP contribution in [0.3, 0.4) is 0 Å². The predicted octanol–water partition coefficient (Wildman–Crippen LogP) is 4.12. The molecule has 0 aliphatic rings. The fourth-order valence-corrected chi connectivity index (χ4v) is 2.79. The van der Waals surface area contributed by atoms with Gasteiger partial charge in [-0.15, -0.1) is 0 Å². The number of aromatic nitrogens is 1. The molecule has 0 fully saturated rings. The van der Waals surface area contributed by atoms with Gasteiger partial charge in [0.15, 0.2) is 5.43 Å². The van der Waals surface area contributed by atoms with E-state index in [1.54, 1.807) is 0 Å². The van der Waals surface area contributed by atoms with Crippen LogP contribution in [0.2, 0.25) is 0 Å². The number of rotatable bonds is 1. The Kier molecular flexibility index (Phi) is 2.94. The molecule has 0 saturated heterocycles. The SMILES string of the molecule is Cc1cc(C)c2c(=O)c(C)c(-c3ccccc3)[nH]c2c1. The quantitative estimate of drug-likeness (QED) is 0.703. The molecular formula is C18H17NO. The average Bonchev–Trinajstić information content (AvgIpc) is 2.43. The number of aromatic amines is 1. The second-order valence-electron chi connectivity index (χ2n) is 5.32. The zero-order valence-electron chi connectivity index (χ0n) is 11.9. The molecule has 100 valence electrons. The third-order valence-electron chi connectivity index (χ3n) is 3.74. The Morgan fingerprint density at radius 2 is 1.65 bits per heavy atom. The van der Waals surface area contributed by atoms with E-state index in [0.717, 1.165) is 38.9 Å². The number of benzene rings is 2. The van der Waals surface area contributed by atoms with E-state index in [4.69, 9.17) is 0 Å². The number of aryl methyl sites for hydroxylation is 2.